The molecule has 132 valence electrons. The van der Waals surface area contributed by atoms with Crippen LogP contribution < -0.4 is 14.8 Å². The van der Waals surface area contributed by atoms with E-state index in [0.29, 0.717) is 26.7 Å². The first-order valence-corrected chi connectivity index (χ1v) is 9.93. The summed E-state index contributed by atoms with van der Waals surface area (Å²) in [6, 6.07) is 3.41. The van der Waals surface area contributed by atoms with Crippen molar-refractivity contribution in [3.63, 3.8) is 0 Å². The normalized spacial score (nSPS) is 16.8. The van der Waals surface area contributed by atoms with Crippen molar-refractivity contribution < 1.29 is 14.3 Å². The van der Waals surface area contributed by atoms with Crippen LogP contribution in [-0.4, -0.2) is 35.7 Å². The van der Waals surface area contributed by atoms with E-state index in [2.05, 4.69) is 31.1 Å². The molecule has 0 bridgehead atoms. The molecule has 2 aliphatic heterocycles. The number of hydrogen-bond acceptors (Lipinski definition) is 6. The van der Waals surface area contributed by atoms with E-state index in [1.165, 1.54) is 30.6 Å². The Kier molecular flexibility index (Phi) is 4.91. The zero-order valence-corrected chi connectivity index (χ0v) is 16.0. The van der Waals surface area contributed by atoms with E-state index < -0.39 is 0 Å². The maximum atomic E-state index is 12.5. The summed E-state index contributed by atoms with van der Waals surface area (Å²) in [5, 5.41) is 5.50. The van der Waals surface area contributed by atoms with E-state index in [1.54, 1.807) is 12.1 Å². The molecule has 0 spiro atoms. The molecule has 1 amide bonds. The van der Waals surface area contributed by atoms with Crippen LogP contribution in [0.5, 0.6) is 11.5 Å². The minimum absolute atomic E-state index is 0.172. The highest BCUT2D eigenvalue weighted by atomic mass is 79.9. The number of hydrogen-bond donors (Lipinski definition) is 1. The molecule has 0 saturated carbocycles. The average molecular weight is 424 g/mol. The fourth-order valence-electron chi connectivity index (χ4n) is 3.05. The lowest BCUT2D eigenvalue weighted by Crippen LogP contribution is -2.29. The molecule has 25 heavy (non-hydrogen) atoms. The Morgan fingerprint density at radius 2 is 2.12 bits per heavy atom. The van der Waals surface area contributed by atoms with Crippen LogP contribution in [0.4, 0.5) is 5.13 Å². The number of aromatic nitrogens is 1. The first-order valence-electron chi connectivity index (χ1n) is 8.26. The Hall–Kier alpha value is -1.64. The van der Waals surface area contributed by atoms with E-state index in [9.17, 15) is 4.79 Å². The Morgan fingerprint density at radius 1 is 1.28 bits per heavy atom. The van der Waals surface area contributed by atoms with E-state index >= 15 is 0 Å². The molecule has 1 N–H and O–H groups in total. The lowest BCUT2D eigenvalue weighted by molar-refractivity contribution is 0.102. The minimum Gasteiger partial charge on any atom is -0.454 e. The molecule has 2 aliphatic rings. The number of anilines is 1. The van der Waals surface area contributed by atoms with Crippen molar-refractivity contribution in [2.75, 3.05) is 25.2 Å². The van der Waals surface area contributed by atoms with E-state index in [1.807, 2.05) is 5.38 Å². The van der Waals surface area contributed by atoms with Gasteiger partial charge in [0, 0.05) is 17.5 Å². The topological polar surface area (TPSA) is 63.7 Å². The number of amides is 1. The molecule has 3 heterocycles. The van der Waals surface area contributed by atoms with Crippen LogP contribution in [0, 0.1) is 0 Å². The summed E-state index contributed by atoms with van der Waals surface area (Å²) in [5.41, 5.74) is 1.51. The number of thiazole rings is 1. The molecule has 4 rings (SSSR count). The van der Waals surface area contributed by atoms with Gasteiger partial charge in [0.1, 0.15) is 0 Å². The Morgan fingerprint density at radius 3 is 2.96 bits per heavy atom. The van der Waals surface area contributed by atoms with Gasteiger partial charge >= 0.3 is 0 Å². The maximum Gasteiger partial charge on any atom is 0.257 e. The predicted molar refractivity (Wildman–Crippen MR) is 99.5 cm³/mol. The minimum atomic E-state index is -0.210. The molecular weight excluding hydrogens is 406 g/mol. The maximum absolute atomic E-state index is 12.5. The number of carbonyl (C=O) groups excluding carboxylic acids is 1. The van der Waals surface area contributed by atoms with Crippen LogP contribution in [-0.2, 0) is 6.54 Å². The van der Waals surface area contributed by atoms with Gasteiger partial charge in [0.05, 0.1) is 10.2 Å². The Labute approximate surface area is 158 Å². The summed E-state index contributed by atoms with van der Waals surface area (Å²) in [6.45, 7) is 3.28. The van der Waals surface area contributed by atoms with Crippen molar-refractivity contribution in [3.8, 4) is 11.5 Å². The van der Waals surface area contributed by atoms with Gasteiger partial charge in [-0.2, -0.15) is 0 Å². The lowest BCUT2D eigenvalue weighted by Gasteiger charge is -2.25. The molecule has 0 atom stereocenters. The molecule has 0 unspecified atom stereocenters. The fraction of sp³-hybridized carbons (Fsp3) is 0.412. The third-order valence-corrected chi connectivity index (χ3v) is 5.69. The third-order valence-electron chi connectivity index (χ3n) is 4.30. The molecule has 1 aromatic carbocycles. The number of fused-ring (bicyclic) bond motifs is 1. The standard InChI is InChI=1S/C17H18BrN3O3S/c18-13-6-11(7-14-15(13)24-10-23-14)16(22)20-17-19-12(9-25-17)8-21-4-2-1-3-5-21/h6-7,9H,1-5,8,10H2,(H,19,20,22). The van der Waals surface area contributed by atoms with Crippen molar-refractivity contribution in [2.24, 2.45) is 0 Å². The molecule has 0 aliphatic carbocycles. The third kappa shape index (κ3) is 3.80. The van der Waals surface area contributed by atoms with Gasteiger partial charge in [0.15, 0.2) is 16.6 Å². The van der Waals surface area contributed by atoms with Gasteiger partial charge in [-0.1, -0.05) is 6.42 Å². The number of likely N-dealkylation sites (tertiary alicyclic amines) is 1. The van der Waals surface area contributed by atoms with Crippen molar-refractivity contribution in [3.05, 3.63) is 33.2 Å². The van der Waals surface area contributed by atoms with Gasteiger partial charge in [-0.05, 0) is 54.0 Å². The van der Waals surface area contributed by atoms with E-state index in [0.717, 1.165) is 25.3 Å². The summed E-state index contributed by atoms with van der Waals surface area (Å²) in [5.74, 6) is 0.997. The molecule has 6 nitrogen and oxygen atoms in total. The van der Waals surface area contributed by atoms with Gasteiger partial charge in [0.2, 0.25) is 6.79 Å². The van der Waals surface area contributed by atoms with Crippen LogP contribution in [0.2, 0.25) is 0 Å². The summed E-state index contributed by atoms with van der Waals surface area (Å²) in [6.07, 6.45) is 3.83. The van der Waals surface area contributed by atoms with Gasteiger partial charge < -0.3 is 9.47 Å². The van der Waals surface area contributed by atoms with Gasteiger partial charge in [-0.15, -0.1) is 11.3 Å². The van der Waals surface area contributed by atoms with Crippen LogP contribution >= 0.6 is 27.3 Å². The molecule has 1 saturated heterocycles. The van der Waals surface area contributed by atoms with Gasteiger partial charge in [-0.3, -0.25) is 15.0 Å². The number of nitrogens with one attached hydrogen (secondary N) is 1. The predicted octanol–water partition coefficient (Wildman–Crippen LogP) is 3.87. The van der Waals surface area contributed by atoms with Crippen LogP contribution in [0.15, 0.2) is 22.0 Å². The fourth-order valence-corrected chi connectivity index (χ4v) is 4.30. The Bertz CT molecular complexity index is 789. The van der Waals surface area contributed by atoms with Gasteiger partial charge in [-0.25, -0.2) is 4.98 Å². The highest BCUT2D eigenvalue weighted by molar-refractivity contribution is 9.10. The van der Waals surface area contributed by atoms with E-state index in [4.69, 9.17) is 9.47 Å². The zero-order valence-electron chi connectivity index (χ0n) is 13.6. The number of piperidine rings is 1. The molecule has 8 heteroatoms. The second-order valence-corrected chi connectivity index (χ2v) is 7.84. The van der Waals surface area contributed by atoms with E-state index in [-0.39, 0.29) is 12.7 Å². The smallest absolute Gasteiger partial charge is 0.257 e. The summed E-state index contributed by atoms with van der Waals surface area (Å²) < 4.78 is 11.4. The molecule has 1 fully saturated rings. The van der Waals surface area contributed by atoms with Gasteiger partial charge in [0.25, 0.3) is 5.91 Å². The molecule has 2 aromatic rings. The van der Waals surface area contributed by atoms with Crippen LogP contribution in [0.25, 0.3) is 0 Å². The van der Waals surface area contributed by atoms with Crippen LogP contribution in [0.3, 0.4) is 0 Å². The number of benzene rings is 1. The SMILES string of the molecule is O=C(Nc1nc(CN2CCCCC2)cs1)c1cc(Br)c2c(c1)OCO2. The summed E-state index contributed by atoms with van der Waals surface area (Å²) in [4.78, 5) is 19.5. The first kappa shape index (κ1) is 16.8. The zero-order chi connectivity index (χ0) is 17.2. The highest BCUT2D eigenvalue weighted by Gasteiger charge is 2.21. The molecule has 0 radical (unpaired) electrons. The summed E-state index contributed by atoms with van der Waals surface area (Å²) >= 11 is 4.86. The second-order valence-electron chi connectivity index (χ2n) is 6.13. The van der Waals surface area contributed by atoms with Crippen molar-refractivity contribution >= 4 is 38.3 Å². The number of rotatable bonds is 4. The van der Waals surface area contributed by atoms with Crippen molar-refractivity contribution in [2.45, 2.75) is 25.8 Å². The van der Waals surface area contributed by atoms with Crippen molar-refractivity contribution in [1.29, 1.82) is 0 Å². The number of carbonyl (C=O) groups is 1. The largest absolute Gasteiger partial charge is 0.454 e. The van der Waals surface area contributed by atoms with Crippen molar-refractivity contribution in [1.82, 2.24) is 9.88 Å². The Balaban J connectivity index is 1.42. The highest BCUT2D eigenvalue weighted by Crippen LogP contribution is 2.40. The number of halogens is 1. The number of nitrogens with zero attached hydrogens (tertiary/aromatic N) is 2. The second kappa shape index (κ2) is 7.31. The molecular formula is C17H18BrN3O3S. The first-order chi connectivity index (χ1) is 12.2. The monoisotopic (exact) mass is 423 g/mol. The summed E-state index contributed by atoms with van der Waals surface area (Å²) in [7, 11) is 0. The number of ether oxygens (including phenoxy) is 2. The molecule has 1 aromatic heterocycles. The average Bonchev–Trinajstić information content (AvgIpc) is 3.25. The lowest BCUT2D eigenvalue weighted by atomic mass is 10.1. The van der Waals surface area contributed by atoms with Crippen LogP contribution in [0.1, 0.15) is 35.3 Å². The quantitative estimate of drug-likeness (QED) is 0.808.